The minimum Gasteiger partial charge on any atom is -0.338 e. The molecule has 5 heteroatoms. The predicted octanol–water partition coefficient (Wildman–Crippen LogP) is 2.34. The molecule has 0 aliphatic rings. The summed E-state index contributed by atoms with van der Waals surface area (Å²) in [7, 11) is 0. The van der Waals surface area contributed by atoms with Gasteiger partial charge in [0.1, 0.15) is 0 Å². The molecule has 0 aliphatic carbocycles. The second kappa shape index (κ2) is 6.12. The molecule has 0 aromatic carbocycles. The van der Waals surface area contributed by atoms with E-state index in [1.54, 1.807) is 11.8 Å². The monoisotopic (exact) mass is 229 g/mol. The van der Waals surface area contributed by atoms with Crippen LogP contribution in [0.1, 0.15) is 50.4 Å². The van der Waals surface area contributed by atoms with Crippen molar-refractivity contribution in [3.63, 3.8) is 0 Å². The van der Waals surface area contributed by atoms with Crippen molar-refractivity contribution < 1.29 is 4.52 Å². The summed E-state index contributed by atoms with van der Waals surface area (Å²) in [4.78, 5) is 4.32. The Morgan fingerprint density at radius 1 is 1.53 bits per heavy atom. The highest BCUT2D eigenvalue weighted by atomic mass is 32.2. The highest BCUT2D eigenvalue weighted by molar-refractivity contribution is 7.98. The van der Waals surface area contributed by atoms with Gasteiger partial charge in [0.15, 0.2) is 5.82 Å². The molecule has 2 N–H and O–H groups in total. The van der Waals surface area contributed by atoms with Gasteiger partial charge in [-0.15, -0.1) is 0 Å². The molecule has 0 bridgehead atoms. The molecule has 1 aromatic rings. The van der Waals surface area contributed by atoms with E-state index < -0.39 is 0 Å². The molecule has 2 atom stereocenters. The Morgan fingerprint density at radius 3 is 2.87 bits per heavy atom. The lowest BCUT2D eigenvalue weighted by molar-refractivity contribution is 0.346. The van der Waals surface area contributed by atoms with Crippen LogP contribution in [0, 0.1) is 0 Å². The van der Waals surface area contributed by atoms with E-state index in [-0.39, 0.29) is 6.04 Å². The molecule has 86 valence electrons. The SMILES string of the molecule is CCC(C)c1noc([C@@H](N)CCSC)n1. The first-order valence-electron chi connectivity index (χ1n) is 5.27. The van der Waals surface area contributed by atoms with E-state index >= 15 is 0 Å². The number of hydrogen-bond acceptors (Lipinski definition) is 5. The third-order valence-corrected chi connectivity index (χ3v) is 3.10. The number of aromatic nitrogens is 2. The number of rotatable bonds is 6. The Morgan fingerprint density at radius 2 is 2.27 bits per heavy atom. The Labute approximate surface area is 95.0 Å². The van der Waals surface area contributed by atoms with Gasteiger partial charge in [0.2, 0.25) is 5.89 Å². The average molecular weight is 229 g/mol. The number of nitrogens with two attached hydrogens (primary N) is 1. The maximum absolute atomic E-state index is 5.93. The van der Waals surface area contributed by atoms with Crippen molar-refractivity contribution in [1.82, 2.24) is 10.1 Å². The van der Waals surface area contributed by atoms with Gasteiger partial charge in [-0.1, -0.05) is 19.0 Å². The molecule has 1 unspecified atom stereocenters. The summed E-state index contributed by atoms with van der Waals surface area (Å²) in [5.41, 5.74) is 5.93. The van der Waals surface area contributed by atoms with Crippen molar-refractivity contribution in [2.24, 2.45) is 5.73 Å². The van der Waals surface area contributed by atoms with Gasteiger partial charge in [-0.25, -0.2) is 0 Å². The number of thioether (sulfide) groups is 1. The summed E-state index contributed by atoms with van der Waals surface area (Å²) in [6.45, 7) is 4.19. The van der Waals surface area contributed by atoms with Crippen molar-refractivity contribution in [2.75, 3.05) is 12.0 Å². The van der Waals surface area contributed by atoms with Crippen LogP contribution in [0.2, 0.25) is 0 Å². The lowest BCUT2D eigenvalue weighted by atomic mass is 10.1. The van der Waals surface area contributed by atoms with Crippen molar-refractivity contribution in [3.8, 4) is 0 Å². The summed E-state index contributed by atoms with van der Waals surface area (Å²) >= 11 is 1.77. The lowest BCUT2D eigenvalue weighted by Gasteiger charge is -2.04. The Balaban J connectivity index is 2.58. The Hall–Kier alpha value is -0.550. The molecule has 0 saturated heterocycles. The quantitative estimate of drug-likeness (QED) is 0.811. The van der Waals surface area contributed by atoms with Crippen LogP contribution in [0.4, 0.5) is 0 Å². The van der Waals surface area contributed by atoms with Crippen molar-refractivity contribution >= 4 is 11.8 Å². The summed E-state index contributed by atoms with van der Waals surface area (Å²) in [5, 5.41) is 3.94. The summed E-state index contributed by atoms with van der Waals surface area (Å²) in [6, 6.07) is -0.122. The fraction of sp³-hybridized carbons (Fsp3) is 0.800. The van der Waals surface area contributed by atoms with Gasteiger partial charge >= 0.3 is 0 Å². The van der Waals surface area contributed by atoms with Crippen LogP contribution >= 0.6 is 11.8 Å². The average Bonchev–Trinajstić information content (AvgIpc) is 2.74. The van der Waals surface area contributed by atoms with Crippen molar-refractivity contribution in [2.45, 2.75) is 38.6 Å². The van der Waals surface area contributed by atoms with Crippen LogP contribution in [0.15, 0.2) is 4.52 Å². The van der Waals surface area contributed by atoms with Crippen LogP contribution in [0.25, 0.3) is 0 Å². The molecule has 0 saturated carbocycles. The second-order valence-corrected chi connectivity index (χ2v) is 4.67. The third-order valence-electron chi connectivity index (χ3n) is 2.46. The topological polar surface area (TPSA) is 64.9 Å². The van der Waals surface area contributed by atoms with Gasteiger partial charge in [-0.05, 0) is 24.9 Å². The Bertz CT molecular complexity index is 290. The molecule has 4 nitrogen and oxygen atoms in total. The zero-order valence-electron chi connectivity index (χ0n) is 9.56. The molecule has 0 fully saturated rings. The van der Waals surface area contributed by atoms with Gasteiger partial charge in [-0.2, -0.15) is 16.7 Å². The van der Waals surface area contributed by atoms with E-state index in [0.717, 1.165) is 24.4 Å². The highest BCUT2D eigenvalue weighted by Gasteiger charge is 2.16. The molecule has 0 amide bonds. The molecule has 0 spiro atoms. The molecule has 15 heavy (non-hydrogen) atoms. The normalized spacial score (nSPS) is 15.2. The fourth-order valence-corrected chi connectivity index (χ4v) is 1.64. The summed E-state index contributed by atoms with van der Waals surface area (Å²) < 4.78 is 5.15. The van der Waals surface area contributed by atoms with Gasteiger partial charge < -0.3 is 10.3 Å². The number of nitrogens with zero attached hydrogens (tertiary/aromatic N) is 2. The van der Waals surface area contributed by atoms with E-state index in [4.69, 9.17) is 10.3 Å². The molecule has 0 aliphatic heterocycles. The van der Waals surface area contributed by atoms with Crippen molar-refractivity contribution in [3.05, 3.63) is 11.7 Å². The van der Waals surface area contributed by atoms with Crippen LogP contribution in [-0.4, -0.2) is 22.1 Å². The summed E-state index contributed by atoms with van der Waals surface area (Å²) in [5.74, 6) is 2.70. The third kappa shape index (κ3) is 3.50. The molecule has 1 heterocycles. The van der Waals surface area contributed by atoms with E-state index in [1.165, 1.54) is 0 Å². The maximum Gasteiger partial charge on any atom is 0.243 e. The largest absolute Gasteiger partial charge is 0.338 e. The van der Waals surface area contributed by atoms with E-state index in [1.807, 2.05) is 0 Å². The molecule has 1 aromatic heterocycles. The van der Waals surface area contributed by atoms with E-state index in [0.29, 0.717) is 11.8 Å². The summed E-state index contributed by atoms with van der Waals surface area (Å²) in [6.07, 6.45) is 3.95. The molecule has 0 radical (unpaired) electrons. The molecular weight excluding hydrogens is 210 g/mol. The smallest absolute Gasteiger partial charge is 0.243 e. The second-order valence-electron chi connectivity index (χ2n) is 3.69. The van der Waals surface area contributed by atoms with Crippen LogP contribution in [-0.2, 0) is 0 Å². The standard InChI is InChI=1S/C10H19N3OS/c1-4-7(2)9-12-10(14-13-9)8(11)5-6-15-3/h7-8H,4-6,11H2,1-3H3/t7?,8-/m0/s1. The fourth-order valence-electron chi connectivity index (χ4n) is 1.15. The van der Waals surface area contributed by atoms with Crippen LogP contribution in [0.5, 0.6) is 0 Å². The van der Waals surface area contributed by atoms with E-state index in [2.05, 4.69) is 30.2 Å². The maximum atomic E-state index is 5.93. The lowest BCUT2D eigenvalue weighted by Crippen LogP contribution is -2.11. The van der Waals surface area contributed by atoms with Crippen LogP contribution in [0.3, 0.4) is 0 Å². The highest BCUT2D eigenvalue weighted by Crippen LogP contribution is 2.19. The number of hydrogen-bond donors (Lipinski definition) is 1. The van der Waals surface area contributed by atoms with Gasteiger partial charge in [-0.3, -0.25) is 0 Å². The van der Waals surface area contributed by atoms with Crippen molar-refractivity contribution in [1.29, 1.82) is 0 Å². The first-order valence-corrected chi connectivity index (χ1v) is 6.66. The van der Waals surface area contributed by atoms with E-state index in [9.17, 15) is 0 Å². The van der Waals surface area contributed by atoms with Gasteiger partial charge in [0, 0.05) is 5.92 Å². The Kier molecular flexibility index (Phi) is 5.11. The zero-order chi connectivity index (χ0) is 11.3. The first kappa shape index (κ1) is 12.5. The predicted molar refractivity (Wildman–Crippen MR) is 62.9 cm³/mol. The zero-order valence-corrected chi connectivity index (χ0v) is 10.4. The van der Waals surface area contributed by atoms with Gasteiger partial charge in [0.25, 0.3) is 0 Å². The molecular formula is C10H19N3OS. The molecule has 1 rings (SSSR count). The first-order chi connectivity index (χ1) is 7.19. The minimum absolute atomic E-state index is 0.122. The van der Waals surface area contributed by atoms with Gasteiger partial charge in [0.05, 0.1) is 6.04 Å². The minimum atomic E-state index is -0.122. The van der Waals surface area contributed by atoms with Crippen LogP contribution < -0.4 is 5.73 Å².